The van der Waals surface area contributed by atoms with Gasteiger partial charge in [-0.3, -0.25) is 4.79 Å². The number of ether oxygens (including phenoxy) is 1. The molecule has 0 saturated carbocycles. The fourth-order valence-electron chi connectivity index (χ4n) is 1.47. The summed E-state index contributed by atoms with van der Waals surface area (Å²) in [6.45, 7) is 1.36. The van der Waals surface area contributed by atoms with E-state index in [0.29, 0.717) is 12.1 Å². The minimum atomic E-state index is -0.666. The van der Waals surface area contributed by atoms with Crippen LogP contribution in [0.4, 0.5) is 5.69 Å². The van der Waals surface area contributed by atoms with Gasteiger partial charge in [0.2, 0.25) is 5.91 Å². The Morgan fingerprint density at radius 1 is 1.33 bits per heavy atom. The van der Waals surface area contributed by atoms with Crippen molar-refractivity contribution in [2.45, 2.75) is 19.4 Å². The quantitative estimate of drug-likeness (QED) is 0.631. The SMILES string of the molecule is COC(=O)C(Cc1ccc(N)cc1)NC(C)=O.Cl. The van der Waals surface area contributed by atoms with E-state index in [-0.39, 0.29) is 18.3 Å². The smallest absolute Gasteiger partial charge is 0.328 e. The largest absolute Gasteiger partial charge is 0.467 e. The zero-order chi connectivity index (χ0) is 12.8. The molecule has 0 spiro atoms. The van der Waals surface area contributed by atoms with Crippen molar-refractivity contribution in [1.29, 1.82) is 0 Å². The van der Waals surface area contributed by atoms with Crippen LogP contribution >= 0.6 is 12.4 Å². The Labute approximate surface area is 112 Å². The Kier molecular flexibility index (Phi) is 6.82. The van der Waals surface area contributed by atoms with Crippen molar-refractivity contribution in [2.24, 2.45) is 0 Å². The molecule has 0 fully saturated rings. The topological polar surface area (TPSA) is 81.4 Å². The molecule has 0 aromatic heterocycles. The molecule has 0 radical (unpaired) electrons. The maximum absolute atomic E-state index is 11.5. The highest BCUT2D eigenvalue weighted by atomic mass is 35.5. The van der Waals surface area contributed by atoms with Crippen LogP contribution in [-0.4, -0.2) is 25.0 Å². The van der Waals surface area contributed by atoms with Gasteiger partial charge in [0, 0.05) is 19.0 Å². The summed E-state index contributed by atoms with van der Waals surface area (Å²) in [6.07, 6.45) is 0.381. The molecule has 0 heterocycles. The van der Waals surface area contributed by atoms with E-state index in [2.05, 4.69) is 10.1 Å². The Balaban J connectivity index is 0.00000289. The van der Waals surface area contributed by atoms with Crippen LogP contribution in [0.1, 0.15) is 12.5 Å². The molecule has 100 valence electrons. The standard InChI is InChI=1S/C12H16N2O3.ClH/c1-8(15)14-11(12(16)17-2)7-9-3-5-10(13)6-4-9;/h3-6,11H,7,13H2,1-2H3,(H,14,15);1H. The molecule has 1 rings (SSSR count). The lowest BCUT2D eigenvalue weighted by Crippen LogP contribution is -2.41. The van der Waals surface area contributed by atoms with Crippen molar-refractivity contribution in [3.63, 3.8) is 0 Å². The lowest BCUT2D eigenvalue weighted by Gasteiger charge is -2.15. The Bertz CT molecular complexity index is 406. The van der Waals surface area contributed by atoms with Gasteiger partial charge in [-0.1, -0.05) is 12.1 Å². The molecular formula is C12H17ClN2O3. The molecule has 1 unspecified atom stereocenters. The number of esters is 1. The van der Waals surface area contributed by atoms with Crippen LogP contribution in [0.25, 0.3) is 0 Å². The number of hydrogen-bond acceptors (Lipinski definition) is 4. The third-order valence-corrected chi connectivity index (χ3v) is 2.28. The summed E-state index contributed by atoms with van der Waals surface area (Å²) in [5, 5.41) is 2.55. The van der Waals surface area contributed by atoms with E-state index in [4.69, 9.17) is 5.73 Å². The summed E-state index contributed by atoms with van der Waals surface area (Å²) >= 11 is 0. The second-order valence-corrected chi connectivity index (χ2v) is 3.72. The van der Waals surface area contributed by atoms with Crippen molar-refractivity contribution in [3.8, 4) is 0 Å². The van der Waals surface area contributed by atoms with Gasteiger partial charge in [-0.05, 0) is 17.7 Å². The van der Waals surface area contributed by atoms with E-state index in [1.165, 1.54) is 14.0 Å². The number of rotatable bonds is 4. The number of nitrogens with two attached hydrogens (primary N) is 1. The minimum absolute atomic E-state index is 0. The number of anilines is 1. The highest BCUT2D eigenvalue weighted by molar-refractivity contribution is 5.85. The Morgan fingerprint density at radius 3 is 2.33 bits per heavy atom. The van der Waals surface area contributed by atoms with E-state index in [1.807, 2.05) is 12.1 Å². The van der Waals surface area contributed by atoms with Crippen LogP contribution in [0.5, 0.6) is 0 Å². The fraction of sp³-hybridized carbons (Fsp3) is 0.333. The summed E-state index contributed by atoms with van der Waals surface area (Å²) in [5.74, 6) is -0.729. The summed E-state index contributed by atoms with van der Waals surface area (Å²) in [6, 6.07) is 6.45. The van der Waals surface area contributed by atoms with Gasteiger partial charge in [0.05, 0.1) is 7.11 Å². The second-order valence-electron chi connectivity index (χ2n) is 3.72. The average molecular weight is 273 g/mol. The molecular weight excluding hydrogens is 256 g/mol. The number of nitrogens with one attached hydrogen (secondary N) is 1. The third kappa shape index (κ3) is 5.05. The van der Waals surface area contributed by atoms with Crippen LogP contribution in [0.15, 0.2) is 24.3 Å². The highest BCUT2D eigenvalue weighted by Gasteiger charge is 2.20. The first kappa shape index (κ1) is 16.2. The summed E-state index contributed by atoms with van der Waals surface area (Å²) in [4.78, 5) is 22.4. The van der Waals surface area contributed by atoms with Gasteiger partial charge in [-0.2, -0.15) is 0 Å². The van der Waals surface area contributed by atoms with Crippen LogP contribution in [0.2, 0.25) is 0 Å². The molecule has 0 bridgehead atoms. The van der Waals surface area contributed by atoms with Crippen molar-refractivity contribution < 1.29 is 14.3 Å². The van der Waals surface area contributed by atoms with E-state index >= 15 is 0 Å². The number of hydrogen-bond donors (Lipinski definition) is 2. The molecule has 5 nitrogen and oxygen atoms in total. The number of nitrogen functional groups attached to an aromatic ring is 1. The first-order valence-corrected chi connectivity index (χ1v) is 5.22. The molecule has 3 N–H and O–H groups in total. The molecule has 1 atom stereocenters. The average Bonchev–Trinajstić information content (AvgIpc) is 2.29. The molecule has 1 aromatic carbocycles. The molecule has 0 saturated heterocycles. The molecule has 1 aromatic rings. The van der Waals surface area contributed by atoms with Gasteiger partial charge in [0.15, 0.2) is 0 Å². The lowest BCUT2D eigenvalue weighted by molar-refractivity contribution is -0.144. The van der Waals surface area contributed by atoms with Gasteiger partial charge < -0.3 is 15.8 Å². The molecule has 0 aliphatic heterocycles. The Hall–Kier alpha value is -1.75. The summed E-state index contributed by atoms with van der Waals surface area (Å²) in [5.41, 5.74) is 7.12. The molecule has 0 aliphatic rings. The predicted molar refractivity (Wildman–Crippen MR) is 71.4 cm³/mol. The first-order chi connectivity index (χ1) is 8.02. The monoisotopic (exact) mass is 272 g/mol. The normalized spacial score (nSPS) is 11.0. The fourth-order valence-corrected chi connectivity index (χ4v) is 1.47. The van der Waals surface area contributed by atoms with E-state index in [9.17, 15) is 9.59 Å². The molecule has 0 aliphatic carbocycles. The molecule has 1 amide bonds. The maximum Gasteiger partial charge on any atom is 0.328 e. The number of amides is 1. The van der Waals surface area contributed by atoms with Crippen LogP contribution in [-0.2, 0) is 20.7 Å². The van der Waals surface area contributed by atoms with E-state index < -0.39 is 12.0 Å². The van der Waals surface area contributed by atoms with Gasteiger partial charge in [0.25, 0.3) is 0 Å². The summed E-state index contributed by atoms with van der Waals surface area (Å²) in [7, 11) is 1.29. The third-order valence-electron chi connectivity index (χ3n) is 2.28. The van der Waals surface area contributed by atoms with E-state index in [1.54, 1.807) is 12.1 Å². The van der Waals surface area contributed by atoms with Crippen LogP contribution in [0.3, 0.4) is 0 Å². The maximum atomic E-state index is 11.5. The number of benzene rings is 1. The number of carbonyl (C=O) groups excluding carboxylic acids is 2. The van der Waals surface area contributed by atoms with E-state index in [0.717, 1.165) is 5.56 Å². The van der Waals surface area contributed by atoms with Crippen molar-refractivity contribution in [1.82, 2.24) is 5.32 Å². The lowest BCUT2D eigenvalue weighted by atomic mass is 10.1. The van der Waals surface area contributed by atoms with Gasteiger partial charge in [-0.25, -0.2) is 4.79 Å². The second kappa shape index (κ2) is 7.55. The number of halogens is 1. The predicted octanol–water partition coefficient (Wildman–Crippen LogP) is 0.911. The first-order valence-electron chi connectivity index (χ1n) is 5.22. The Morgan fingerprint density at radius 2 is 1.89 bits per heavy atom. The summed E-state index contributed by atoms with van der Waals surface area (Å²) < 4.78 is 4.63. The van der Waals surface area contributed by atoms with Gasteiger partial charge >= 0.3 is 5.97 Å². The van der Waals surface area contributed by atoms with Crippen molar-refractivity contribution >= 4 is 30.0 Å². The zero-order valence-corrected chi connectivity index (χ0v) is 11.1. The minimum Gasteiger partial charge on any atom is -0.467 e. The van der Waals surface area contributed by atoms with Gasteiger partial charge in [0.1, 0.15) is 6.04 Å². The van der Waals surface area contributed by atoms with Crippen molar-refractivity contribution in [2.75, 3.05) is 12.8 Å². The zero-order valence-electron chi connectivity index (χ0n) is 10.3. The number of methoxy groups -OCH3 is 1. The van der Waals surface area contributed by atoms with Crippen LogP contribution < -0.4 is 11.1 Å². The molecule has 18 heavy (non-hydrogen) atoms. The van der Waals surface area contributed by atoms with Gasteiger partial charge in [-0.15, -0.1) is 12.4 Å². The molecule has 6 heteroatoms. The van der Waals surface area contributed by atoms with Crippen molar-refractivity contribution in [3.05, 3.63) is 29.8 Å². The highest BCUT2D eigenvalue weighted by Crippen LogP contribution is 2.08. The number of carbonyl (C=O) groups is 2. The van der Waals surface area contributed by atoms with Crippen LogP contribution in [0, 0.1) is 0 Å².